The molecule has 1 heterocycles. The summed E-state index contributed by atoms with van der Waals surface area (Å²) in [5.74, 6) is 2.54. The molecular formula is C21H22N4O2S. The van der Waals surface area contributed by atoms with Crippen molar-refractivity contribution in [2.24, 2.45) is 0 Å². The Bertz CT molecular complexity index is 937. The van der Waals surface area contributed by atoms with Gasteiger partial charge in [-0.05, 0) is 42.7 Å². The highest BCUT2D eigenvalue weighted by molar-refractivity contribution is 7.99. The van der Waals surface area contributed by atoms with Crippen LogP contribution in [0, 0.1) is 0 Å². The summed E-state index contributed by atoms with van der Waals surface area (Å²) < 4.78 is 7.23. The monoisotopic (exact) mass is 394 g/mol. The summed E-state index contributed by atoms with van der Waals surface area (Å²) in [5, 5.41) is 12.4. The first-order valence-corrected chi connectivity index (χ1v) is 10.3. The summed E-state index contributed by atoms with van der Waals surface area (Å²) in [6.07, 6.45) is 2.30. The van der Waals surface area contributed by atoms with Crippen molar-refractivity contribution in [1.82, 2.24) is 20.1 Å². The number of rotatable bonds is 8. The van der Waals surface area contributed by atoms with Crippen molar-refractivity contribution in [3.8, 4) is 11.4 Å². The highest BCUT2D eigenvalue weighted by Crippen LogP contribution is 2.41. The first-order chi connectivity index (χ1) is 13.7. The fourth-order valence-corrected chi connectivity index (χ4v) is 3.71. The van der Waals surface area contributed by atoms with Crippen molar-refractivity contribution in [3.63, 3.8) is 0 Å². The standard InChI is InChI=1S/C21H22N4O2S/c1-27-18-11-7-15(8-12-18)13-22-19(26)14-28-21-24-23-20(16-9-10-16)25(21)17-5-3-2-4-6-17/h2-8,11-12,16H,9-10,13-14H2,1H3,(H,22,26). The van der Waals surface area contributed by atoms with Gasteiger partial charge < -0.3 is 10.1 Å². The number of benzene rings is 2. The molecular weight excluding hydrogens is 372 g/mol. The van der Waals surface area contributed by atoms with Gasteiger partial charge in [-0.3, -0.25) is 9.36 Å². The molecule has 1 saturated carbocycles. The topological polar surface area (TPSA) is 69.0 Å². The Hall–Kier alpha value is -2.80. The summed E-state index contributed by atoms with van der Waals surface area (Å²) in [6, 6.07) is 17.7. The van der Waals surface area contributed by atoms with Gasteiger partial charge >= 0.3 is 0 Å². The number of hydrogen-bond acceptors (Lipinski definition) is 5. The van der Waals surface area contributed by atoms with Gasteiger partial charge in [-0.15, -0.1) is 10.2 Å². The van der Waals surface area contributed by atoms with Crippen LogP contribution in [0.15, 0.2) is 59.8 Å². The zero-order chi connectivity index (χ0) is 19.3. The Kier molecular flexibility index (Phi) is 5.62. The number of methoxy groups -OCH3 is 1. The van der Waals surface area contributed by atoms with E-state index in [1.807, 2.05) is 54.6 Å². The summed E-state index contributed by atoms with van der Waals surface area (Å²) in [6.45, 7) is 0.488. The van der Waals surface area contributed by atoms with E-state index in [0.29, 0.717) is 18.2 Å². The summed E-state index contributed by atoms with van der Waals surface area (Å²) >= 11 is 1.41. The van der Waals surface area contributed by atoms with Gasteiger partial charge in [0.15, 0.2) is 5.16 Å². The molecule has 0 radical (unpaired) electrons. The predicted molar refractivity (Wildman–Crippen MR) is 109 cm³/mol. The number of amides is 1. The maximum absolute atomic E-state index is 12.3. The molecule has 28 heavy (non-hydrogen) atoms. The minimum Gasteiger partial charge on any atom is -0.497 e. The fourth-order valence-electron chi connectivity index (χ4n) is 2.93. The van der Waals surface area contributed by atoms with Crippen LogP contribution in [0.1, 0.15) is 30.1 Å². The molecule has 1 N–H and O–H groups in total. The van der Waals surface area contributed by atoms with Crippen LogP contribution in [0.4, 0.5) is 0 Å². The van der Waals surface area contributed by atoms with Crippen LogP contribution in [0.5, 0.6) is 5.75 Å². The molecule has 144 valence electrons. The SMILES string of the molecule is COc1ccc(CNC(=O)CSc2nnc(C3CC3)n2-c2ccccc2)cc1. The van der Waals surface area contributed by atoms with Gasteiger partial charge in [-0.1, -0.05) is 42.1 Å². The second kappa shape index (κ2) is 8.48. The molecule has 1 amide bonds. The van der Waals surface area contributed by atoms with Crippen LogP contribution in [0.3, 0.4) is 0 Å². The van der Waals surface area contributed by atoms with E-state index in [-0.39, 0.29) is 5.91 Å². The smallest absolute Gasteiger partial charge is 0.230 e. The first-order valence-electron chi connectivity index (χ1n) is 9.28. The number of nitrogens with zero attached hydrogens (tertiary/aromatic N) is 3. The zero-order valence-corrected chi connectivity index (χ0v) is 16.5. The largest absolute Gasteiger partial charge is 0.497 e. The third-order valence-corrected chi connectivity index (χ3v) is 5.53. The van der Waals surface area contributed by atoms with E-state index >= 15 is 0 Å². The average Bonchev–Trinajstić information content (AvgIpc) is 3.51. The normalized spacial score (nSPS) is 13.3. The van der Waals surface area contributed by atoms with E-state index in [4.69, 9.17) is 4.74 Å². The Balaban J connectivity index is 1.38. The van der Waals surface area contributed by atoms with Crippen LogP contribution in [0.2, 0.25) is 0 Å². The lowest BCUT2D eigenvalue weighted by Gasteiger charge is -2.10. The number of para-hydroxylation sites is 1. The van der Waals surface area contributed by atoms with Gasteiger partial charge in [0.25, 0.3) is 0 Å². The number of carbonyl (C=O) groups excluding carboxylic acids is 1. The molecule has 1 fully saturated rings. The highest BCUT2D eigenvalue weighted by Gasteiger charge is 2.31. The fraction of sp³-hybridized carbons (Fsp3) is 0.286. The zero-order valence-electron chi connectivity index (χ0n) is 15.7. The lowest BCUT2D eigenvalue weighted by molar-refractivity contribution is -0.118. The van der Waals surface area contributed by atoms with Crippen LogP contribution in [0.25, 0.3) is 5.69 Å². The number of carbonyl (C=O) groups is 1. The van der Waals surface area contributed by atoms with Crippen molar-refractivity contribution in [2.75, 3.05) is 12.9 Å². The van der Waals surface area contributed by atoms with Crippen molar-refractivity contribution >= 4 is 17.7 Å². The van der Waals surface area contributed by atoms with Gasteiger partial charge in [0.1, 0.15) is 11.6 Å². The van der Waals surface area contributed by atoms with Crippen molar-refractivity contribution in [2.45, 2.75) is 30.5 Å². The first kappa shape index (κ1) is 18.6. The van der Waals surface area contributed by atoms with Gasteiger partial charge in [-0.2, -0.15) is 0 Å². The van der Waals surface area contributed by atoms with E-state index in [9.17, 15) is 4.79 Å². The molecule has 0 unspecified atom stereocenters. The van der Waals surface area contributed by atoms with E-state index in [1.54, 1.807) is 7.11 Å². The molecule has 1 aromatic heterocycles. The molecule has 1 aliphatic carbocycles. The Morgan fingerprint density at radius 2 is 1.89 bits per heavy atom. The minimum absolute atomic E-state index is 0.0311. The van der Waals surface area contributed by atoms with Gasteiger partial charge in [0.2, 0.25) is 5.91 Å². The summed E-state index contributed by atoms with van der Waals surface area (Å²) in [4.78, 5) is 12.3. The molecule has 0 atom stereocenters. The van der Waals surface area contributed by atoms with Crippen molar-refractivity contribution in [3.05, 3.63) is 66.0 Å². The Morgan fingerprint density at radius 1 is 1.14 bits per heavy atom. The number of hydrogen-bond donors (Lipinski definition) is 1. The number of thioether (sulfide) groups is 1. The van der Waals surface area contributed by atoms with Crippen molar-refractivity contribution in [1.29, 1.82) is 0 Å². The molecule has 6 nitrogen and oxygen atoms in total. The summed E-state index contributed by atoms with van der Waals surface area (Å²) in [5.41, 5.74) is 2.07. The van der Waals surface area contributed by atoms with Crippen LogP contribution in [-0.4, -0.2) is 33.5 Å². The second-order valence-electron chi connectivity index (χ2n) is 6.70. The third kappa shape index (κ3) is 4.36. The number of ether oxygens (including phenoxy) is 1. The van der Waals surface area contributed by atoms with Crippen molar-refractivity contribution < 1.29 is 9.53 Å². The Labute approximate surface area is 168 Å². The molecule has 0 bridgehead atoms. The highest BCUT2D eigenvalue weighted by atomic mass is 32.2. The van der Waals surface area contributed by atoms with E-state index in [2.05, 4.69) is 20.1 Å². The number of nitrogens with one attached hydrogen (secondary N) is 1. The lowest BCUT2D eigenvalue weighted by Crippen LogP contribution is -2.24. The van der Waals surface area contributed by atoms with Gasteiger partial charge in [-0.25, -0.2) is 0 Å². The third-order valence-electron chi connectivity index (χ3n) is 4.60. The van der Waals surface area contributed by atoms with E-state index < -0.39 is 0 Å². The number of aromatic nitrogens is 3. The van der Waals surface area contributed by atoms with Gasteiger partial charge in [0, 0.05) is 18.2 Å². The predicted octanol–water partition coefficient (Wildman–Crippen LogP) is 3.56. The molecule has 0 saturated heterocycles. The molecule has 3 aromatic rings. The van der Waals surface area contributed by atoms with E-state index in [1.165, 1.54) is 11.8 Å². The molecule has 0 aliphatic heterocycles. The molecule has 2 aromatic carbocycles. The maximum atomic E-state index is 12.3. The summed E-state index contributed by atoms with van der Waals surface area (Å²) in [7, 11) is 1.64. The second-order valence-corrected chi connectivity index (χ2v) is 7.64. The molecule has 4 rings (SSSR count). The average molecular weight is 395 g/mol. The molecule has 7 heteroatoms. The van der Waals surface area contributed by atoms with E-state index in [0.717, 1.165) is 40.8 Å². The maximum Gasteiger partial charge on any atom is 0.230 e. The van der Waals surface area contributed by atoms with Crippen LogP contribution >= 0.6 is 11.8 Å². The van der Waals surface area contributed by atoms with Gasteiger partial charge in [0.05, 0.1) is 12.9 Å². The molecule has 0 spiro atoms. The quantitative estimate of drug-likeness (QED) is 0.592. The molecule has 1 aliphatic rings. The minimum atomic E-state index is -0.0311. The Morgan fingerprint density at radius 3 is 2.57 bits per heavy atom. The lowest BCUT2D eigenvalue weighted by atomic mass is 10.2. The van der Waals surface area contributed by atoms with Crippen LogP contribution < -0.4 is 10.1 Å². The van der Waals surface area contributed by atoms with Crippen LogP contribution in [-0.2, 0) is 11.3 Å².